The fourth-order valence-electron chi connectivity index (χ4n) is 1.52. The van der Waals surface area contributed by atoms with Gasteiger partial charge in [-0.1, -0.05) is 13.3 Å². The second kappa shape index (κ2) is 4.82. The molecule has 2 aromatic rings. The third-order valence-corrected chi connectivity index (χ3v) is 2.44. The maximum atomic E-state index is 10.7. The summed E-state index contributed by atoms with van der Waals surface area (Å²) in [4.78, 5) is 24.8. The molecule has 0 fully saturated rings. The van der Waals surface area contributed by atoms with E-state index in [1.165, 1.54) is 6.20 Å². The van der Waals surface area contributed by atoms with Crippen LogP contribution < -0.4 is 0 Å². The number of aryl methyl sites for hydroxylation is 1. The van der Waals surface area contributed by atoms with Gasteiger partial charge < -0.3 is 15.1 Å². The molecule has 0 radical (unpaired) electrons. The Morgan fingerprint density at radius 1 is 1.35 bits per heavy atom. The summed E-state index contributed by atoms with van der Waals surface area (Å²) in [6.45, 7) is 2.12. The summed E-state index contributed by atoms with van der Waals surface area (Å²) in [6, 6.07) is 0. The van der Waals surface area contributed by atoms with E-state index in [2.05, 4.69) is 26.9 Å². The molecule has 0 aliphatic carbocycles. The summed E-state index contributed by atoms with van der Waals surface area (Å²) >= 11 is 0. The van der Waals surface area contributed by atoms with E-state index in [4.69, 9.17) is 5.11 Å². The Balaban J connectivity index is 2.15. The normalized spacial score (nSPS) is 10.6. The minimum absolute atomic E-state index is 0.00175. The van der Waals surface area contributed by atoms with Crippen LogP contribution in [0.2, 0.25) is 0 Å². The van der Waals surface area contributed by atoms with Gasteiger partial charge in [0.15, 0.2) is 11.5 Å². The van der Waals surface area contributed by atoms with Gasteiger partial charge in [0.1, 0.15) is 11.5 Å². The number of hydrogen-bond acceptors (Lipinski definition) is 3. The van der Waals surface area contributed by atoms with Gasteiger partial charge in [-0.15, -0.1) is 0 Å². The highest BCUT2D eigenvalue weighted by Gasteiger charge is 2.11. The molecule has 6 heteroatoms. The molecule has 0 amide bonds. The first-order valence-corrected chi connectivity index (χ1v) is 5.54. The Morgan fingerprint density at radius 2 is 2.18 bits per heavy atom. The smallest absolute Gasteiger partial charge is 0.356 e. The lowest BCUT2D eigenvalue weighted by molar-refractivity contribution is 0.0691. The minimum atomic E-state index is -1.05. The highest BCUT2D eigenvalue weighted by molar-refractivity contribution is 5.85. The predicted molar refractivity (Wildman–Crippen MR) is 61.7 cm³/mol. The van der Waals surface area contributed by atoms with Crippen LogP contribution in [-0.2, 0) is 6.42 Å². The molecule has 17 heavy (non-hydrogen) atoms. The zero-order valence-corrected chi connectivity index (χ0v) is 9.53. The van der Waals surface area contributed by atoms with Crippen LogP contribution in [0.4, 0.5) is 0 Å². The van der Waals surface area contributed by atoms with Gasteiger partial charge in [0.25, 0.3) is 0 Å². The number of carbonyl (C=O) groups is 1. The molecule has 0 saturated heterocycles. The molecule has 6 nitrogen and oxygen atoms in total. The van der Waals surface area contributed by atoms with Gasteiger partial charge >= 0.3 is 5.97 Å². The van der Waals surface area contributed by atoms with Crippen molar-refractivity contribution in [2.45, 2.75) is 26.2 Å². The Bertz CT molecular complexity index is 515. The molecule has 3 N–H and O–H groups in total. The van der Waals surface area contributed by atoms with Crippen LogP contribution in [0, 0.1) is 0 Å². The van der Waals surface area contributed by atoms with Crippen LogP contribution in [-0.4, -0.2) is 31.0 Å². The third kappa shape index (κ3) is 2.52. The van der Waals surface area contributed by atoms with E-state index in [1.54, 1.807) is 6.20 Å². The zero-order chi connectivity index (χ0) is 12.3. The number of rotatable bonds is 5. The second-order valence-electron chi connectivity index (χ2n) is 3.78. The molecule has 0 aliphatic heterocycles. The van der Waals surface area contributed by atoms with E-state index in [0.29, 0.717) is 11.5 Å². The number of unbranched alkanes of at least 4 members (excludes halogenated alkanes) is 1. The predicted octanol–water partition coefficient (Wildman–Crippen LogP) is 1.84. The first kappa shape index (κ1) is 11.4. The van der Waals surface area contributed by atoms with Gasteiger partial charge in [-0.05, 0) is 6.42 Å². The third-order valence-electron chi connectivity index (χ3n) is 2.44. The van der Waals surface area contributed by atoms with Crippen molar-refractivity contribution in [3.8, 4) is 11.5 Å². The molecule has 2 rings (SSSR count). The zero-order valence-electron chi connectivity index (χ0n) is 9.53. The van der Waals surface area contributed by atoms with E-state index >= 15 is 0 Å². The number of H-pyrrole nitrogens is 2. The van der Waals surface area contributed by atoms with E-state index in [0.717, 1.165) is 25.1 Å². The van der Waals surface area contributed by atoms with Crippen molar-refractivity contribution in [1.29, 1.82) is 0 Å². The minimum Gasteiger partial charge on any atom is -0.476 e. The molecular weight excluding hydrogens is 220 g/mol. The number of nitrogens with zero attached hydrogens (tertiary/aromatic N) is 2. The van der Waals surface area contributed by atoms with Crippen LogP contribution in [0.15, 0.2) is 12.4 Å². The van der Waals surface area contributed by atoms with Crippen LogP contribution in [0.25, 0.3) is 11.5 Å². The summed E-state index contributed by atoms with van der Waals surface area (Å²) in [5.74, 6) is 0.325. The summed E-state index contributed by atoms with van der Waals surface area (Å²) in [5.41, 5.74) is 0.640. The standard InChI is InChI=1S/C11H14N4O2/c1-2-3-4-9-12-5-7(14-9)10-13-6-8(15-10)11(16)17/h5-6H,2-4H2,1H3,(H,12,14)(H,13,15)(H,16,17). The number of carboxylic acid groups (broad SMARTS) is 1. The summed E-state index contributed by atoms with van der Waals surface area (Å²) in [6.07, 6.45) is 6.17. The Morgan fingerprint density at radius 3 is 2.82 bits per heavy atom. The van der Waals surface area contributed by atoms with Gasteiger partial charge in [-0.3, -0.25) is 0 Å². The average Bonchev–Trinajstić information content (AvgIpc) is 2.94. The number of carboxylic acids is 1. The van der Waals surface area contributed by atoms with Crippen LogP contribution in [0.3, 0.4) is 0 Å². The van der Waals surface area contributed by atoms with Crippen molar-refractivity contribution >= 4 is 5.97 Å². The van der Waals surface area contributed by atoms with Gasteiger partial charge in [0.2, 0.25) is 0 Å². The number of aromatic carboxylic acids is 1. The largest absolute Gasteiger partial charge is 0.476 e. The maximum absolute atomic E-state index is 10.7. The molecule has 0 spiro atoms. The summed E-state index contributed by atoms with van der Waals surface area (Å²) < 4.78 is 0. The molecular formula is C11H14N4O2. The SMILES string of the molecule is CCCCc1nc(-c2nc(C(=O)O)c[nH]2)c[nH]1. The molecule has 2 aromatic heterocycles. The molecule has 0 atom stereocenters. The lowest BCUT2D eigenvalue weighted by atomic mass is 10.2. The van der Waals surface area contributed by atoms with Crippen molar-refractivity contribution in [3.63, 3.8) is 0 Å². The quantitative estimate of drug-likeness (QED) is 0.735. The van der Waals surface area contributed by atoms with E-state index in [1.807, 2.05) is 0 Å². The lowest BCUT2D eigenvalue weighted by Gasteiger charge is -1.91. The number of nitrogens with one attached hydrogen (secondary N) is 2. The highest BCUT2D eigenvalue weighted by atomic mass is 16.4. The number of hydrogen-bond donors (Lipinski definition) is 3. The number of imidazole rings is 2. The fraction of sp³-hybridized carbons (Fsp3) is 0.364. The average molecular weight is 234 g/mol. The van der Waals surface area contributed by atoms with E-state index in [-0.39, 0.29) is 5.69 Å². The molecule has 90 valence electrons. The van der Waals surface area contributed by atoms with E-state index < -0.39 is 5.97 Å². The molecule has 0 bridgehead atoms. The Hall–Kier alpha value is -2.11. The van der Waals surface area contributed by atoms with Crippen molar-refractivity contribution in [1.82, 2.24) is 19.9 Å². The molecule has 0 aromatic carbocycles. The topological polar surface area (TPSA) is 94.7 Å². The Labute approximate surface area is 98.1 Å². The Kier molecular flexibility index (Phi) is 3.22. The molecule has 2 heterocycles. The van der Waals surface area contributed by atoms with Gasteiger partial charge in [-0.2, -0.15) is 0 Å². The van der Waals surface area contributed by atoms with Crippen molar-refractivity contribution in [3.05, 3.63) is 23.9 Å². The molecule has 0 unspecified atom stereocenters. The number of aromatic amines is 2. The van der Waals surface area contributed by atoms with Crippen molar-refractivity contribution < 1.29 is 9.90 Å². The maximum Gasteiger partial charge on any atom is 0.356 e. The van der Waals surface area contributed by atoms with Crippen LogP contribution >= 0.6 is 0 Å². The van der Waals surface area contributed by atoms with Gasteiger partial charge in [-0.25, -0.2) is 14.8 Å². The van der Waals surface area contributed by atoms with Gasteiger partial charge in [0, 0.05) is 18.8 Å². The second-order valence-corrected chi connectivity index (χ2v) is 3.78. The number of aromatic nitrogens is 4. The van der Waals surface area contributed by atoms with E-state index in [9.17, 15) is 4.79 Å². The van der Waals surface area contributed by atoms with Crippen LogP contribution in [0.1, 0.15) is 36.1 Å². The molecule has 0 saturated carbocycles. The lowest BCUT2D eigenvalue weighted by Crippen LogP contribution is -1.95. The first-order valence-electron chi connectivity index (χ1n) is 5.54. The van der Waals surface area contributed by atoms with Crippen molar-refractivity contribution in [2.24, 2.45) is 0 Å². The first-order chi connectivity index (χ1) is 8.20. The monoisotopic (exact) mass is 234 g/mol. The highest BCUT2D eigenvalue weighted by Crippen LogP contribution is 2.13. The molecule has 0 aliphatic rings. The van der Waals surface area contributed by atoms with Crippen LogP contribution in [0.5, 0.6) is 0 Å². The van der Waals surface area contributed by atoms with Gasteiger partial charge in [0.05, 0.1) is 0 Å². The van der Waals surface area contributed by atoms with Crippen molar-refractivity contribution in [2.75, 3.05) is 0 Å². The summed E-state index contributed by atoms with van der Waals surface area (Å²) in [5, 5.41) is 8.76. The fourth-order valence-corrected chi connectivity index (χ4v) is 1.52. The summed E-state index contributed by atoms with van der Waals surface area (Å²) in [7, 11) is 0.